The maximum absolute atomic E-state index is 12.3. The predicted octanol–water partition coefficient (Wildman–Crippen LogP) is 8.03. The van der Waals surface area contributed by atoms with Crippen LogP contribution in [-0.2, 0) is 23.8 Å². The third-order valence-corrected chi connectivity index (χ3v) is 6.54. The minimum Gasteiger partial charge on any atom is -0.466 e. The second kappa shape index (κ2) is 20.1. The summed E-state index contributed by atoms with van der Waals surface area (Å²) in [6.45, 7) is 14.6. The van der Waals surface area contributed by atoms with E-state index >= 15 is 0 Å². The molecule has 0 aliphatic carbocycles. The van der Waals surface area contributed by atoms with E-state index in [0.717, 1.165) is 64.6 Å². The maximum atomic E-state index is 12.3. The molecule has 202 valence electrons. The van der Waals surface area contributed by atoms with Gasteiger partial charge in [0.15, 0.2) is 0 Å². The highest BCUT2D eigenvalue weighted by atomic mass is 16.5. The van der Waals surface area contributed by atoms with E-state index in [2.05, 4.69) is 6.92 Å². The van der Waals surface area contributed by atoms with Crippen LogP contribution in [0.1, 0.15) is 138 Å². The van der Waals surface area contributed by atoms with Crippen LogP contribution in [-0.4, -0.2) is 38.4 Å². The third kappa shape index (κ3) is 17.4. The van der Waals surface area contributed by atoms with Crippen molar-refractivity contribution in [2.45, 2.75) is 138 Å². The number of esters is 2. The van der Waals surface area contributed by atoms with Crippen molar-refractivity contribution >= 4 is 11.9 Å². The first-order valence-corrected chi connectivity index (χ1v) is 14.1. The van der Waals surface area contributed by atoms with Crippen molar-refractivity contribution in [3.8, 4) is 0 Å². The number of rotatable bonds is 23. The van der Waals surface area contributed by atoms with E-state index in [1.54, 1.807) is 0 Å². The molecule has 0 atom stereocenters. The topological polar surface area (TPSA) is 61.8 Å². The lowest BCUT2D eigenvalue weighted by atomic mass is 9.87. The number of ether oxygens (including phenoxy) is 3. The maximum Gasteiger partial charge on any atom is 0.311 e. The second-order valence-corrected chi connectivity index (χ2v) is 11.0. The fourth-order valence-electron chi connectivity index (χ4n) is 3.95. The zero-order valence-corrected chi connectivity index (χ0v) is 23.5. The zero-order valence-electron chi connectivity index (χ0n) is 23.5. The molecule has 5 heteroatoms. The Hall–Kier alpha value is -1.10. The Morgan fingerprint density at radius 2 is 0.941 bits per heavy atom. The summed E-state index contributed by atoms with van der Waals surface area (Å²) in [5, 5.41) is 0. The van der Waals surface area contributed by atoms with Crippen molar-refractivity contribution in [1.82, 2.24) is 0 Å². The van der Waals surface area contributed by atoms with E-state index in [1.165, 1.54) is 44.9 Å². The van der Waals surface area contributed by atoms with Gasteiger partial charge >= 0.3 is 11.9 Å². The van der Waals surface area contributed by atoms with Crippen molar-refractivity contribution in [3.63, 3.8) is 0 Å². The van der Waals surface area contributed by atoms with Crippen molar-refractivity contribution < 1.29 is 23.8 Å². The molecule has 0 saturated heterocycles. The standard InChI is InChI=1S/C29H56O5/c1-7-9-10-19-25-34-27(31)29(5,6)22-17-20-24-32-23-18-15-13-11-12-14-16-21-28(3,4)26(30)33-8-2/h7-25H2,1-6H3. The van der Waals surface area contributed by atoms with Gasteiger partial charge in [0.25, 0.3) is 0 Å². The first-order chi connectivity index (χ1) is 16.2. The van der Waals surface area contributed by atoms with Crippen LogP contribution in [0.3, 0.4) is 0 Å². The lowest BCUT2D eigenvalue weighted by molar-refractivity contribution is -0.155. The highest BCUT2D eigenvalue weighted by Crippen LogP contribution is 2.26. The van der Waals surface area contributed by atoms with Crippen molar-refractivity contribution in [1.29, 1.82) is 0 Å². The van der Waals surface area contributed by atoms with Crippen LogP contribution in [0.25, 0.3) is 0 Å². The molecule has 0 aliphatic rings. The van der Waals surface area contributed by atoms with Crippen LogP contribution in [0.2, 0.25) is 0 Å². The first-order valence-electron chi connectivity index (χ1n) is 14.1. The van der Waals surface area contributed by atoms with Gasteiger partial charge in [-0.15, -0.1) is 0 Å². The van der Waals surface area contributed by atoms with E-state index < -0.39 is 5.41 Å². The van der Waals surface area contributed by atoms with Crippen molar-refractivity contribution in [3.05, 3.63) is 0 Å². The summed E-state index contributed by atoms with van der Waals surface area (Å²) in [6.07, 6.45) is 16.6. The Bertz CT molecular complexity index is 513. The van der Waals surface area contributed by atoms with Gasteiger partial charge in [-0.1, -0.05) is 71.1 Å². The molecule has 0 unspecified atom stereocenters. The molecule has 0 aromatic heterocycles. The van der Waals surface area contributed by atoms with Gasteiger partial charge in [-0.05, 0) is 66.7 Å². The molecule has 0 spiro atoms. The summed E-state index contributed by atoms with van der Waals surface area (Å²) in [7, 11) is 0. The Morgan fingerprint density at radius 3 is 1.50 bits per heavy atom. The molecule has 5 nitrogen and oxygen atoms in total. The van der Waals surface area contributed by atoms with Gasteiger partial charge in [-0.2, -0.15) is 0 Å². The summed E-state index contributed by atoms with van der Waals surface area (Å²) >= 11 is 0. The number of carbonyl (C=O) groups excluding carboxylic acids is 2. The fourth-order valence-corrected chi connectivity index (χ4v) is 3.95. The average molecular weight is 485 g/mol. The number of carbonyl (C=O) groups is 2. The Kier molecular flexibility index (Phi) is 19.5. The van der Waals surface area contributed by atoms with Gasteiger partial charge < -0.3 is 14.2 Å². The SMILES string of the molecule is CCCCCCOC(=O)C(C)(C)CCCCOCCCCCCCCCC(C)(C)C(=O)OCC. The second-order valence-electron chi connectivity index (χ2n) is 11.0. The molecule has 0 aromatic rings. The molecule has 0 N–H and O–H groups in total. The molecule has 0 aromatic carbocycles. The van der Waals surface area contributed by atoms with Gasteiger partial charge in [0, 0.05) is 13.2 Å². The molecule has 0 rings (SSSR count). The van der Waals surface area contributed by atoms with Gasteiger partial charge in [-0.3, -0.25) is 9.59 Å². The molecule has 34 heavy (non-hydrogen) atoms. The molecule has 0 amide bonds. The van der Waals surface area contributed by atoms with Crippen molar-refractivity contribution in [2.24, 2.45) is 10.8 Å². The summed E-state index contributed by atoms with van der Waals surface area (Å²) in [4.78, 5) is 24.2. The van der Waals surface area contributed by atoms with Gasteiger partial charge in [-0.25, -0.2) is 0 Å². The molecule has 0 saturated carbocycles. The largest absolute Gasteiger partial charge is 0.466 e. The van der Waals surface area contributed by atoms with E-state index in [0.29, 0.717) is 13.2 Å². The summed E-state index contributed by atoms with van der Waals surface area (Å²) < 4.78 is 16.4. The highest BCUT2D eigenvalue weighted by Gasteiger charge is 2.29. The van der Waals surface area contributed by atoms with E-state index in [9.17, 15) is 9.59 Å². The minimum atomic E-state index is -0.403. The highest BCUT2D eigenvalue weighted by molar-refractivity contribution is 5.76. The summed E-state index contributed by atoms with van der Waals surface area (Å²) in [6, 6.07) is 0. The van der Waals surface area contributed by atoms with Crippen LogP contribution in [0.4, 0.5) is 0 Å². The zero-order chi connectivity index (χ0) is 25.7. The lowest BCUT2D eigenvalue weighted by Gasteiger charge is -2.22. The molecule has 0 radical (unpaired) electrons. The molecule has 0 bridgehead atoms. The van der Waals surface area contributed by atoms with Gasteiger partial charge in [0.2, 0.25) is 0 Å². The fraction of sp³-hybridized carbons (Fsp3) is 0.931. The Morgan fingerprint density at radius 1 is 0.529 bits per heavy atom. The van der Waals surface area contributed by atoms with Crippen LogP contribution < -0.4 is 0 Å². The van der Waals surface area contributed by atoms with Crippen LogP contribution >= 0.6 is 0 Å². The predicted molar refractivity (Wildman–Crippen MR) is 141 cm³/mol. The van der Waals surface area contributed by atoms with E-state index in [1.807, 2.05) is 34.6 Å². The van der Waals surface area contributed by atoms with Gasteiger partial charge in [0.05, 0.1) is 24.0 Å². The minimum absolute atomic E-state index is 0.0624. The quantitative estimate of drug-likeness (QED) is 0.108. The smallest absolute Gasteiger partial charge is 0.311 e. The van der Waals surface area contributed by atoms with Gasteiger partial charge in [0.1, 0.15) is 0 Å². The third-order valence-electron chi connectivity index (χ3n) is 6.54. The number of hydrogen-bond donors (Lipinski definition) is 0. The number of hydrogen-bond acceptors (Lipinski definition) is 5. The Balaban J connectivity index is 3.53. The summed E-state index contributed by atoms with van der Waals surface area (Å²) in [5.74, 6) is -0.137. The van der Waals surface area contributed by atoms with E-state index in [4.69, 9.17) is 14.2 Å². The van der Waals surface area contributed by atoms with Crippen LogP contribution in [0, 0.1) is 10.8 Å². The molecule has 0 aliphatic heterocycles. The van der Waals surface area contributed by atoms with Crippen molar-refractivity contribution in [2.75, 3.05) is 26.4 Å². The average Bonchev–Trinajstić information content (AvgIpc) is 2.79. The molecular formula is C29H56O5. The molecule has 0 fully saturated rings. The number of unbranched alkanes of at least 4 members (excludes halogenated alkanes) is 10. The van der Waals surface area contributed by atoms with Crippen LogP contribution in [0.5, 0.6) is 0 Å². The monoisotopic (exact) mass is 484 g/mol. The first kappa shape index (κ1) is 32.9. The normalized spacial score (nSPS) is 12.1. The Labute approximate surface area is 211 Å². The molecule has 0 heterocycles. The molecular weight excluding hydrogens is 428 g/mol. The lowest BCUT2D eigenvalue weighted by Crippen LogP contribution is -2.27. The summed E-state index contributed by atoms with van der Waals surface area (Å²) in [5.41, 5.74) is -0.764. The van der Waals surface area contributed by atoms with E-state index in [-0.39, 0.29) is 17.4 Å². The van der Waals surface area contributed by atoms with Crippen LogP contribution in [0.15, 0.2) is 0 Å².